The second kappa shape index (κ2) is 5.65. The van der Waals surface area contributed by atoms with Crippen LogP contribution < -0.4 is 10.1 Å². The van der Waals surface area contributed by atoms with Crippen molar-refractivity contribution in [2.45, 2.75) is 50.5 Å². The number of ether oxygens (including phenoxy) is 1. The average molecular weight is 247 g/mol. The van der Waals surface area contributed by atoms with Crippen molar-refractivity contribution >= 4 is 0 Å². The Morgan fingerprint density at radius 3 is 2.61 bits per heavy atom. The summed E-state index contributed by atoms with van der Waals surface area (Å²) >= 11 is 0. The van der Waals surface area contributed by atoms with E-state index in [-0.39, 0.29) is 0 Å². The number of nitrogens with one attached hydrogen (secondary N) is 1. The maximum absolute atomic E-state index is 5.94. The number of piperidine rings is 1. The lowest BCUT2D eigenvalue weighted by molar-refractivity contribution is 0.154. The summed E-state index contributed by atoms with van der Waals surface area (Å²) in [5.74, 6) is 1.32. The Balaban J connectivity index is 1.66. The monoisotopic (exact) mass is 247 g/mol. The van der Waals surface area contributed by atoms with Gasteiger partial charge < -0.3 is 10.1 Å². The molecule has 18 heavy (non-hydrogen) atoms. The lowest BCUT2D eigenvalue weighted by Crippen LogP contribution is -2.34. The molecule has 0 aromatic carbocycles. The summed E-state index contributed by atoms with van der Waals surface area (Å²) in [5, 5.41) is 3.34. The second-order valence-electron chi connectivity index (χ2n) is 5.33. The molecule has 4 nitrogen and oxygen atoms in total. The minimum atomic E-state index is 0.305. The van der Waals surface area contributed by atoms with E-state index in [0.29, 0.717) is 17.9 Å². The van der Waals surface area contributed by atoms with Gasteiger partial charge in [0.1, 0.15) is 6.10 Å². The first-order valence-electron chi connectivity index (χ1n) is 7.11. The molecule has 2 fully saturated rings. The van der Waals surface area contributed by atoms with Crippen molar-refractivity contribution in [3.05, 3.63) is 18.1 Å². The molecule has 0 radical (unpaired) electrons. The molecule has 0 amide bonds. The van der Waals surface area contributed by atoms with E-state index in [1.807, 2.05) is 6.20 Å². The summed E-state index contributed by atoms with van der Waals surface area (Å²) in [7, 11) is 0. The van der Waals surface area contributed by atoms with Crippen LogP contribution in [-0.4, -0.2) is 29.2 Å². The normalized spacial score (nSPS) is 22.2. The molecule has 1 aromatic rings. The fraction of sp³-hybridized carbons (Fsp3) is 0.714. The molecule has 1 aliphatic heterocycles. The first-order valence-corrected chi connectivity index (χ1v) is 7.11. The van der Waals surface area contributed by atoms with Crippen LogP contribution in [0.3, 0.4) is 0 Å². The molecule has 3 rings (SSSR count). The van der Waals surface area contributed by atoms with E-state index < -0.39 is 0 Å². The SMILES string of the molecule is c1ncc(C2CCCC2)nc1OC1CCNCC1. The molecule has 0 atom stereocenters. The maximum Gasteiger partial charge on any atom is 0.232 e. The van der Waals surface area contributed by atoms with E-state index in [2.05, 4.69) is 15.3 Å². The number of rotatable bonds is 3. The molecule has 0 unspecified atom stereocenters. The third kappa shape index (κ3) is 2.80. The molecule has 1 aromatic heterocycles. The Morgan fingerprint density at radius 2 is 1.83 bits per heavy atom. The highest BCUT2D eigenvalue weighted by Crippen LogP contribution is 2.33. The van der Waals surface area contributed by atoms with Crippen molar-refractivity contribution in [3.63, 3.8) is 0 Å². The molecule has 1 aliphatic carbocycles. The van der Waals surface area contributed by atoms with Gasteiger partial charge in [0.15, 0.2) is 0 Å². The molecule has 4 heteroatoms. The van der Waals surface area contributed by atoms with Crippen LogP contribution in [-0.2, 0) is 0 Å². The quantitative estimate of drug-likeness (QED) is 0.890. The van der Waals surface area contributed by atoms with Gasteiger partial charge >= 0.3 is 0 Å². The Kier molecular flexibility index (Phi) is 3.74. The van der Waals surface area contributed by atoms with E-state index in [9.17, 15) is 0 Å². The number of nitrogens with zero attached hydrogens (tertiary/aromatic N) is 2. The smallest absolute Gasteiger partial charge is 0.232 e. The Labute approximate surface area is 108 Å². The van der Waals surface area contributed by atoms with Crippen LogP contribution in [0.25, 0.3) is 0 Å². The first kappa shape index (κ1) is 11.9. The van der Waals surface area contributed by atoms with Gasteiger partial charge in [0.2, 0.25) is 5.88 Å². The van der Waals surface area contributed by atoms with Gasteiger partial charge in [-0.05, 0) is 38.8 Å². The lowest BCUT2D eigenvalue weighted by atomic mass is 10.1. The molecule has 1 saturated heterocycles. The van der Waals surface area contributed by atoms with Gasteiger partial charge in [0.05, 0.1) is 11.9 Å². The summed E-state index contributed by atoms with van der Waals surface area (Å²) in [6.07, 6.45) is 11.3. The van der Waals surface area contributed by atoms with Crippen LogP contribution in [0.2, 0.25) is 0 Å². The zero-order valence-electron chi connectivity index (χ0n) is 10.8. The Bertz CT molecular complexity index is 384. The molecule has 0 spiro atoms. The van der Waals surface area contributed by atoms with Crippen molar-refractivity contribution in [3.8, 4) is 5.88 Å². The van der Waals surface area contributed by atoms with E-state index in [0.717, 1.165) is 31.6 Å². The summed E-state index contributed by atoms with van der Waals surface area (Å²) < 4.78 is 5.94. The van der Waals surface area contributed by atoms with Gasteiger partial charge in [-0.25, -0.2) is 4.98 Å². The summed E-state index contributed by atoms with van der Waals surface area (Å²) in [6, 6.07) is 0. The highest BCUT2D eigenvalue weighted by Gasteiger charge is 2.20. The molecule has 1 N–H and O–H groups in total. The van der Waals surface area contributed by atoms with Crippen LogP contribution in [0.5, 0.6) is 5.88 Å². The molecular weight excluding hydrogens is 226 g/mol. The fourth-order valence-electron chi connectivity index (χ4n) is 2.92. The van der Waals surface area contributed by atoms with Crippen molar-refractivity contribution in [2.75, 3.05) is 13.1 Å². The van der Waals surface area contributed by atoms with Gasteiger partial charge in [-0.2, -0.15) is 0 Å². The number of aromatic nitrogens is 2. The zero-order valence-corrected chi connectivity index (χ0v) is 10.8. The minimum Gasteiger partial charge on any atom is -0.473 e. The Morgan fingerprint density at radius 1 is 1.06 bits per heavy atom. The van der Waals surface area contributed by atoms with Gasteiger partial charge in [-0.1, -0.05) is 12.8 Å². The van der Waals surface area contributed by atoms with Crippen LogP contribution in [0.4, 0.5) is 0 Å². The van der Waals surface area contributed by atoms with Crippen LogP contribution >= 0.6 is 0 Å². The van der Waals surface area contributed by atoms with Gasteiger partial charge in [0, 0.05) is 12.1 Å². The predicted molar refractivity (Wildman–Crippen MR) is 69.8 cm³/mol. The van der Waals surface area contributed by atoms with Gasteiger partial charge in [-0.15, -0.1) is 0 Å². The Hall–Kier alpha value is -1.16. The maximum atomic E-state index is 5.94. The fourth-order valence-corrected chi connectivity index (χ4v) is 2.92. The van der Waals surface area contributed by atoms with Crippen molar-refractivity contribution in [2.24, 2.45) is 0 Å². The van der Waals surface area contributed by atoms with Crippen molar-refractivity contribution < 1.29 is 4.74 Å². The molecular formula is C14H21N3O. The van der Waals surface area contributed by atoms with Crippen LogP contribution in [0, 0.1) is 0 Å². The zero-order chi connectivity index (χ0) is 12.2. The van der Waals surface area contributed by atoms with E-state index >= 15 is 0 Å². The van der Waals surface area contributed by atoms with E-state index in [1.165, 1.54) is 25.7 Å². The van der Waals surface area contributed by atoms with E-state index in [1.54, 1.807) is 6.20 Å². The lowest BCUT2D eigenvalue weighted by Gasteiger charge is -2.23. The molecule has 98 valence electrons. The van der Waals surface area contributed by atoms with Crippen LogP contribution in [0.1, 0.15) is 50.1 Å². The van der Waals surface area contributed by atoms with Gasteiger partial charge in [-0.3, -0.25) is 4.98 Å². The standard InChI is InChI=1S/C14H21N3O/c1-2-4-11(3-1)13-9-16-10-14(17-13)18-12-5-7-15-8-6-12/h9-12,15H,1-8H2. The largest absolute Gasteiger partial charge is 0.473 e. The molecule has 2 aliphatic rings. The number of hydrogen-bond acceptors (Lipinski definition) is 4. The van der Waals surface area contributed by atoms with Gasteiger partial charge in [0.25, 0.3) is 0 Å². The van der Waals surface area contributed by atoms with E-state index in [4.69, 9.17) is 4.74 Å². The highest BCUT2D eigenvalue weighted by atomic mass is 16.5. The molecule has 1 saturated carbocycles. The highest BCUT2D eigenvalue weighted by molar-refractivity contribution is 5.13. The minimum absolute atomic E-state index is 0.305. The predicted octanol–water partition coefficient (Wildman–Crippen LogP) is 2.27. The summed E-state index contributed by atoms with van der Waals surface area (Å²) in [4.78, 5) is 8.94. The third-order valence-corrected chi connectivity index (χ3v) is 3.98. The molecule has 2 heterocycles. The van der Waals surface area contributed by atoms with Crippen LogP contribution in [0.15, 0.2) is 12.4 Å². The number of hydrogen-bond donors (Lipinski definition) is 1. The topological polar surface area (TPSA) is 47.0 Å². The summed E-state index contributed by atoms with van der Waals surface area (Å²) in [5.41, 5.74) is 1.12. The second-order valence-corrected chi connectivity index (χ2v) is 5.33. The summed E-state index contributed by atoms with van der Waals surface area (Å²) in [6.45, 7) is 2.08. The van der Waals surface area contributed by atoms with Crippen molar-refractivity contribution in [1.29, 1.82) is 0 Å². The third-order valence-electron chi connectivity index (χ3n) is 3.98. The van der Waals surface area contributed by atoms with Crippen molar-refractivity contribution in [1.82, 2.24) is 15.3 Å². The average Bonchev–Trinajstić information content (AvgIpc) is 2.94. The first-order chi connectivity index (χ1) is 8.92. The molecule has 0 bridgehead atoms.